The maximum Gasteiger partial charge on any atom is 0.407 e. The van der Waals surface area contributed by atoms with Crippen LogP contribution in [0.3, 0.4) is 0 Å². The standard InChI is InChI=1S/C20H18N4O5/c25-20(26)23-10-4-7-17(23)19-21-12-15(22-19)13-8-9-16(24(27)28)18(11-13)29-14-5-2-1-3-6-14/h1-3,5-6,8-9,11-12,17H,4,7,10H2,(H,21,22)(H,25,26). The van der Waals surface area contributed by atoms with Gasteiger partial charge in [-0.1, -0.05) is 18.2 Å². The zero-order chi connectivity index (χ0) is 20.4. The van der Waals surface area contributed by atoms with Crippen LogP contribution < -0.4 is 4.74 Å². The molecule has 4 rings (SSSR count). The molecule has 1 unspecified atom stereocenters. The summed E-state index contributed by atoms with van der Waals surface area (Å²) >= 11 is 0. The van der Waals surface area contributed by atoms with Crippen LogP contribution in [0.15, 0.2) is 54.7 Å². The Morgan fingerprint density at radius 3 is 2.79 bits per heavy atom. The first-order valence-electron chi connectivity index (χ1n) is 9.09. The fourth-order valence-electron chi connectivity index (χ4n) is 3.46. The number of aromatic nitrogens is 2. The number of carboxylic acid groups (broad SMARTS) is 1. The molecule has 0 spiro atoms. The number of benzene rings is 2. The van der Waals surface area contributed by atoms with Gasteiger partial charge in [0, 0.05) is 18.2 Å². The lowest BCUT2D eigenvalue weighted by atomic mass is 10.1. The molecule has 1 aliphatic heterocycles. The first-order chi connectivity index (χ1) is 14.0. The van der Waals surface area contributed by atoms with E-state index in [0.717, 1.165) is 6.42 Å². The molecular weight excluding hydrogens is 376 g/mol. The minimum Gasteiger partial charge on any atom is -0.465 e. The molecule has 0 aliphatic carbocycles. The minimum atomic E-state index is -0.973. The fourth-order valence-corrected chi connectivity index (χ4v) is 3.46. The third kappa shape index (κ3) is 3.75. The Hall–Kier alpha value is -3.88. The van der Waals surface area contributed by atoms with Crippen molar-refractivity contribution in [3.05, 3.63) is 70.7 Å². The number of hydrogen-bond acceptors (Lipinski definition) is 5. The molecule has 29 heavy (non-hydrogen) atoms. The number of carbonyl (C=O) groups is 1. The maximum atomic E-state index is 11.4. The highest BCUT2D eigenvalue weighted by molar-refractivity contribution is 5.67. The molecule has 1 atom stereocenters. The monoisotopic (exact) mass is 394 g/mol. The number of nitrogens with one attached hydrogen (secondary N) is 1. The largest absolute Gasteiger partial charge is 0.465 e. The van der Waals surface area contributed by atoms with Crippen LogP contribution in [-0.4, -0.2) is 37.5 Å². The van der Waals surface area contributed by atoms with E-state index < -0.39 is 11.0 Å². The van der Waals surface area contributed by atoms with E-state index in [1.807, 2.05) is 6.07 Å². The highest BCUT2D eigenvalue weighted by Crippen LogP contribution is 2.36. The van der Waals surface area contributed by atoms with Crippen molar-refractivity contribution in [1.82, 2.24) is 14.9 Å². The van der Waals surface area contributed by atoms with Gasteiger partial charge in [0.15, 0.2) is 0 Å². The Kier molecular flexibility index (Phi) is 4.86. The number of ether oxygens (including phenoxy) is 1. The molecule has 1 aliphatic rings. The van der Waals surface area contributed by atoms with E-state index in [4.69, 9.17) is 4.74 Å². The van der Waals surface area contributed by atoms with Gasteiger partial charge >= 0.3 is 11.8 Å². The molecule has 0 radical (unpaired) electrons. The second kappa shape index (κ2) is 7.63. The van der Waals surface area contributed by atoms with Crippen LogP contribution in [0, 0.1) is 10.1 Å². The molecule has 2 aromatic carbocycles. The summed E-state index contributed by atoms with van der Waals surface area (Å²) in [6, 6.07) is 13.1. The minimum absolute atomic E-state index is 0.114. The van der Waals surface area contributed by atoms with Gasteiger partial charge in [-0.2, -0.15) is 0 Å². The van der Waals surface area contributed by atoms with Gasteiger partial charge in [0.2, 0.25) is 5.75 Å². The van der Waals surface area contributed by atoms with E-state index in [1.54, 1.807) is 42.6 Å². The van der Waals surface area contributed by atoms with E-state index in [-0.39, 0.29) is 17.5 Å². The van der Waals surface area contributed by atoms with Gasteiger partial charge < -0.3 is 14.8 Å². The molecule has 1 aromatic heterocycles. The van der Waals surface area contributed by atoms with Crippen molar-refractivity contribution in [2.75, 3.05) is 6.54 Å². The van der Waals surface area contributed by atoms with Crippen molar-refractivity contribution >= 4 is 11.8 Å². The van der Waals surface area contributed by atoms with Crippen molar-refractivity contribution in [3.8, 4) is 22.8 Å². The molecule has 148 valence electrons. The topological polar surface area (TPSA) is 122 Å². The Morgan fingerprint density at radius 2 is 2.07 bits per heavy atom. The maximum absolute atomic E-state index is 11.4. The molecule has 1 fully saturated rings. The van der Waals surface area contributed by atoms with Crippen molar-refractivity contribution in [1.29, 1.82) is 0 Å². The summed E-state index contributed by atoms with van der Waals surface area (Å²) < 4.78 is 5.73. The third-order valence-corrected chi connectivity index (χ3v) is 4.85. The SMILES string of the molecule is O=C(O)N1CCCC1c1ncc(-c2ccc([N+](=O)[O-])c(Oc3ccccc3)c2)[nH]1. The lowest BCUT2D eigenvalue weighted by molar-refractivity contribution is -0.385. The van der Waals surface area contributed by atoms with E-state index in [1.165, 1.54) is 11.0 Å². The van der Waals surface area contributed by atoms with Crippen LogP contribution in [0.25, 0.3) is 11.3 Å². The van der Waals surface area contributed by atoms with Gasteiger partial charge in [-0.15, -0.1) is 0 Å². The first-order valence-corrected chi connectivity index (χ1v) is 9.09. The second-order valence-electron chi connectivity index (χ2n) is 6.67. The summed E-state index contributed by atoms with van der Waals surface area (Å²) in [4.78, 5) is 31.1. The van der Waals surface area contributed by atoms with Gasteiger partial charge in [0.1, 0.15) is 11.6 Å². The average molecular weight is 394 g/mol. The van der Waals surface area contributed by atoms with Crippen LogP contribution in [0.5, 0.6) is 11.5 Å². The smallest absolute Gasteiger partial charge is 0.407 e. The molecule has 1 saturated heterocycles. The molecule has 9 heteroatoms. The van der Waals surface area contributed by atoms with E-state index in [0.29, 0.717) is 35.8 Å². The van der Waals surface area contributed by atoms with Crippen LogP contribution >= 0.6 is 0 Å². The van der Waals surface area contributed by atoms with Crippen LogP contribution in [-0.2, 0) is 0 Å². The molecule has 0 bridgehead atoms. The van der Waals surface area contributed by atoms with Gasteiger partial charge in [0.25, 0.3) is 0 Å². The third-order valence-electron chi connectivity index (χ3n) is 4.85. The summed E-state index contributed by atoms with van der Waals surface area (Å²) in [5.74, 6) is 1.16. The van der Waals surface area contributed by atoms with Crippen molar-refractivity contribution < 1.29 is 19.6 Å². The van der Waals surface area contributed by atoms with Gasteiger partial charge in [-0.3, -0.25) is 15.0 Å². The number of para-hydroxylation sites is 1. The summed E-state index contributed by atoms with van der Waals surface area (Å²) in [6.07, 6.45) is 2.10. The quantitative estimate of drug-likeness (QED) is 0.482. The zero-order valence-electron chi connectivity index (χ0n) is 15.3. The molecular formula is C20H18N4O5. The normalized spacial score (nSPS) is 16.0. The molecule has 3 aromatic rings. The summed E-state index contributed by atoms with van der Waals surface area (Å²) in [5.41, 5.74) is 1.13. The number of nitrogens with zero attached hydrogens (tertiary/aromatic N) is 3. The van der Waals surface area contributed by atoms with Crippen molar-refractivity contribution in [2.45, 2.75) is 18.9 Å². The number of likely N-dealkylation sites (tertiary alicyclic amines) is 1. The van der Waals surface area contributed by atoms with E-state index in [9.17, 15) is 20.0 Å². The zero-order valence-corrected chi connectivity index (χ0v) is 15.3. The highest BCUT2D eigenvalue weighted by atomic mass is 16.6. The Bertz CT molecular complexity index is 1050. The van der Waals surface area contributed by atoms with Crippen molar-refractivity contribution in [3.63, 3.8) is 0 Å². The number of rotatable bonds is 5. The summed E-state index contributed by atoms with van der Waals surface area (Å²) in [5, 5.41) is 20.7. The number of imidazole rings is 1. The first kappa shape index (κ1) is 18.5. The van der Waals surface area contributed by atoms with Crippen LogP contribution in [0.2, 0.25) is 0 Å². The number of H-pyrrole nitrogens is 1. The summed E-state index contributed by atoms with van der Waals surface area (Å²) in [6.45, 7) is 0.475. The fraction of sp³-hybridized carbons (Fsp3) is 0.200. The number of amides is 1. The number of hydrogen-bond donors (Lipinski definition) is 2. The number of nitro groups is 1. The predicted octanol–water partition coefficient (Wildman–Crippen LogP) is 4.59. The van der Waals surface area contributed by atoms with E-state index >= 15 is 0 Å². The number of aromatic amines is 1. The van der Waals surface area contributed by atoms with Gasteiger partial charge in [0.05, 0.1) is 22.9 Å². The Morgan fingerprint density at radius 1 is 1.28 bits per heavy atom. The predicted molar refractivity (Wildman–Crippen MR) is 104 cm³/mol. The van der Waals surface area contributed by atoms with Crippen molar-refractivity contribution in [2.24, 2.45) is 0 Å². The average Bonchev–Trinajstić information content (AvgIpc) is 3.38. The molecule has 1 amide bonds. The molecule has 2 N–H and O–H groups in total. The van der Waals surface area contributed by atoms with Gasteiger partial charge in [-0.05, 0) is 37.1 Å². The molecule has 9 nitrogen and oxygen atoms in total. The van der Waals surface area contributed by atoms with Crippen LogP contribution in [0.4, 0.5) is 10.5 Å². The summed E-state index contributed by atoms with van der Waals surface area (Å²) in [7, 11) is 0. The number of nitro benzene ring substituents is 1. The van der Waals surface area contributed by atoms with E-state index in [2.05, 4.69) is 9.97 Å². The Labute approximate surface area is 165 Å². The molecule has 0 saturated carbocycles. The van der Waals surface area contributed by atoms with Gasteiger partial charge in [-0.25, -0.2) is 9.78 Å². The highest BCUT2D eigenvalue weighted by Gasteiger charge is 2.32. The van der Waals surface area contributed by atoms with Crippen LogP contribution in [0.1, 0.15) is 24.7 Å². The second-order valence-corrected chi connectivity index (χ2v) is 6.67. The lowest BCUT2D eigenvalue weighted by Crippen LogP contribution is -2.29. The Balaban J connectivity index is 1.65. The lowest BCUT2D eigenvalue weighted by Gasteiger charge is -2.19. The molecule has 2 heterocycles.